The van der Waals surface area contributed by atoms with Gasteiger partial charge in [0, 0.05) is 13.1 Å². The lowest BCUT2D eigenvalue weighted by molar-refractivity contribution is 0.0519. The van der Waals surface area contributed by atoms with Gasteiger partial charge in [0.2, 0.25) is 0 Å². The Kier molecular flexibility index (Phi) is 7.06. The fourth-order valence-corrected chi connectivity index (χ4v) is 1.91. The number of nitrogens with zero attached hydrogens (tertiary/aromatic N) is 1. The molecule has 0 aliphatic carbocycles. The minimum Gasteiger partial charge on any atom is -0.387 e. The average Bonchev–Trinajstić information content (AvgIpc) is 2.38. The average molecular weight is 265 g/mol. The molecule has 0 saturated heterocycles. The Hall–Kier alpha value is -0.900. The van der Waals surface area contributed by atoms with E-state index in [1.165, 1.54) is 5.56 Å². The molecule has 0 saturated carbocycles. The largest absolute Gasteiger partial charge is 0.387 e. The summed E-state index contributed by atoms with van der Waals surface area (Å²) in [5.41, 5.74) is 2.28. The van der Waals surface area contributed by atoms with Gasteiger partial charge in [-0.15, -0.1) is 0 Å². The molecule has 1 aromatic rings. The topological polar surface area (TPSA) is 32.7 Å². The van der Waals surface area contributed by atoms with Gasteiger partial charge in [-0.2, -0.15) is 0 Å². The van der Waals surface area contributed by atoms with Crippen LogP contribution in [-0.2, 0) is 11.2 Å². The SMILES string of the molecule is CCc1ccc(C(O)CN(C)CCOC(C)C)cc1. The first-order valence-corrected chi connectivity index (χ1v) is 7.10. The number of ether oxygens (including phenoxy) is 1. The molecule has 19 heavy (non-hydrogen) atoms. The Morgan fingerprint density at radius 1 is 1.21 bits per heavy atom. The summed E-state index contributed by atoms with van der Waals surface area (Å²) < 4.78 is 5.51. The quantitative estimate of drug-likeness (QED) is 0.784. The fraction of sp³-hybridized carbons (Fsp3) is 0.625. The van der Waals surface area contributed by atoms with Crippen LogP contribution in [0.3, 0.4) is 0 Å². The summed E-state index contributed by atoms with van der Waals surface area (Å²) in [6.45, 7) is 8.37. The minimum absolute atomic E-state index is 0.264. The first-order valence-electron chi connectivity index (χ1n) is 7.10. The lowest BCUT2D eigenvalue weighted by Gasteiger charge is -2.21. The summed E-state index contributed by atoms with van der Waals surface area (Å²) in [7, 11) is 2.01. The molecule has 3 heteroatoms. The van der Waals surface area contributed by atoms with Gasteiger partial charge in [-0.1, -0.05) is 31.2 Å². The number of hydrogen-bond acceptors (Lipinski definition) is 3. The number of benzene rings is 1. The van der Waals surface area contributed by atoms with E-state index in [9.17, 15) is 5.11 Å². The number of hydrogen-bond donors (Lipinski definition) is 1. The smallest absolute Gasteiger partial charge is 0.0916 e. The van der Waals surface area contributed by atoms with Gasteiger partial charge in [0.25, 0.3) is 0 Å². The number of aryl methyl sites for hydroxylation is 1. The van der Waals surface area contributed by atoms with Crippen molar-refractivity contribution in [3.8, 4) is 0 Å². The summed E-state index contributed by atoms with van der Waals surface area (Å²) in [5, 5.41) is 10.2. The molecule has 1 N–H and O–H groups in total. The zero-order valence-corrected chi connectivity index (χ0v) is 12.6. The Balaban J connectivity index is 2.38. The summed E-state index contributed by atoms with van der Waals surface area (Å²) in [6, 6.07) is 8.20. The molecule has 0 radical (unpaired) electrons. The van der Waals surface area contributed by atoms with E-state index in [0.717, 1.165) is 18.5 Å². The molecular formula is C16H27NO2. The van der Waals surface area contributed by atoms with Gasteiger partial charge in [-0.25, -0.2) is 0 Å². The maximum Gasteiger partial charge on any atom is 0.0916 e. The standard InChI is InChI=1S/C16H27NO2/c1-5-14-6-8-15(9-7-14)16(18)12-17(4)10-11-19-13(2)3/h6-9,13,16,18H,5,10-12H2,1-4H3. The zero-order chi connectivity index (χ0) is 14.3. The van der Waals surface area contributed by atoms with E-state index in [4.69, 9.17) is 4.74 Å². The van der Waals surface area contributed by atoms with Crippen molar-refractivity contribution in [1.29, 1.82) is 0 Å². The summed E-state index contributed by atoms with van der Waals surface area (Å²) in [6.07, 6.45) is 0.859. The Bertz CT molecular complexity index is 348. The second-order valence-electron chi connectivity index (χ2n) is 5.29. The van der Waals surface area contributed by atoms with Crippen molar-refractivity contribution in [2.24, 2.45) is 0 Å². The second-order valence-corrected chi connectivity index (χ2v) is 5.29. The Labute approximate surface area is 117 Å². The number of aliphatic hydroxyl groups is 1. The van der Waals surface area contributed by atoms with Crippen LogP contribution in [0.15, 0.2) is 24.3 Å². The van der Waals surface area contributed by atoms with Crippen LogP contribution in [-0.4, -0.2) is 42.9 Å². The van der Waals surface area contributed by atoms with Gasteiger partial charge in [0.05, 0.1) is 18.8 Å². The minimum atomic E-state index is -0.435. The van der Waals surface area contributed by atoms with Crippen molar-refractivity contribution < 1.29 is 9.84 Å². The van der Waals surface area contributed by atoms with Crippen LogP contribution >= 0.6 is 0 Å². The van der Waals surface area contributed by atoms with Crippen molar-refractivity contribution in [3.05, 3.63) is 35.4 Å². The van der Waals surface area contributed by atoms with Gasteiger partial charge in [-0.3, -0.25) is 0 Å². The summed E-state index contributed by atoms with van der Waals surface area (Å²) in [5.74, 6) is 0. The van der Waals surface area contributed by atoms with Gasteiger partial charge in [-0.05, 0) is 38.4 Å². The van der Waals surface area contributed by atoms with Crippen LogP contribution in [0.5, 0.6) is 0 Å². The van der Waals surface area contributed by atoms with E-state index in [1.807, 2.05) is 33.0 Å². The predicted octanol–water partition coefficient (Wildman–Crippen LogP) is 2.64. The first kappa shape index (κ1) is 16.2. The van der Waals surface area contributed by atoms with E-state index >= 15 is 0 Å². The van der Waals surface area contributed by atoms with Crippen molar-refractivity contribution >= 4 is 0 Å². The maximum absolute atomic E-state index is 10.2. The molecule has 0 spiro atoms. The van der Waals surface area contributed by atoms with Crippen LogP contribution < -0.4 is 0 Å². The fourth-order valence-electron chi connectivity index (χ4n) is 1.91. The molecule has 108 valence electrons. The highest BCUT2D eigenvalue weighted by atomic mass is 16.5. The third-order valence-corrected chi connectivity index (χ3v) is 3.18. The molecule has 0 bridgehead atoms. The molecule has 0 aliphatic rings. The molecule has 0 aromatic heterocycles. The molecule has 0 aliphatic heterocycles. The lowest BCUT2D eigenvalue weighted by Crippen LogP contribution is -2.28. The monoisotopic (exact) mass is 265 g/mol. The van der Waals surface area contributed by atoms with Crippen molar-refractivity contribution in [1.82, 2.24) is 4.90 Å². The van der Waals surface area contributed by atoms with Crippen molar-refractivity contribution in [2.75, 3.05) is 26.7 Å². The highest BCUT2D eigenvalue weighted by molar-refractivity contribution is 5.24. The third kappa shape index (κ3) is 6.19. The molecule has 1 atom stereocenters. The van der Waals surface area contributed by atoms with Crippen LogP contribution in [0.25, 0.3) is 0 Å². The van der Waals surface area contributed by atoms with Gasteiger partial charge >= 0.3 is 0 Å². The van der Waals surface area contributed by atoms with Crippen LogP contribution in [0, 0.1) is 0 Å². The molecule has 0 amide bonds. The molecule has 0 fully saturated rings. The number of aliphatic hydroxyl groups excluding tert-OH is 1. The summed E-state index contributed by atoms with van der Waals surface area (Å²) >= 11 is 0. The van der Waals surface area contributed by atoms with E-state index < -0.39 is 6.10 Å². The number of likely N-dealkylation sites (N-methyl/N-ethyl adjacent to an activating group) is 1. The van der Waals surface area contributed by atoms with Crippen molar-refractivity contribution in [2.45, 2.75) is 39.4 Å². The molecule has 1 rings (SSSR count). The van der Waals surface area contributed by atoms with Crippen LogP contribution in [0.1, 0.15) is 38.0 Å². The number of rotatable bonds is 8. The van der Waals surface area contributed by atoms with E-state index in [0.29, 0.717) is 13.2 Å². The third-order valence-electron chi connectivity index (χ3n) is 3.18. The maximum atomic E-state index is 10.2. The van der Waals surface area contributed by atoms with Crippen molar-refractivity contribution in [3.63, 3.8) is 0 Å². The Morgan fingerprint density at radius 3 is 2.37 bits per heavy atom. The van der Waals surface area contributed by atoms with E-state index in [2.05, 4.69) is 24.0 Å². The van der Waals surface area contributed by atoms with E-state index in [-0.39, 0.29) is 6.10 Å². The summed E-state index contributed by atoms with van der Waals surface area (Å²) in [4.78, 5) is 2.10. The van der Waals surface area contributed by atoms with Gasteiger partial charge in [0.15, 0.2) is 0 Å². The van der Waals surface area contributed by atoms with Crippen LogP contribution in [0.2, 0.25) is 0 Å². The molecule has 1 aromatic carbocycles. The highest BCUT2D eigenvalue weighted by Crippen LogP contribution is 2.15. The normalized spacial score (nSPS) is 13.2. The Morgan fingerprint density at radius 2 is 1.84 bits per heavy atom. The molecule has 0 heterocycles. The molecular weight excluding hydrogens is 238 g/mol. The second kappa shape index (κ2) is 8.31. The van der Waals surface area contributed by atoms with Gasteiger partial charge in [0.1, 0.15) is 0 Å². The molecule has 1 unspecified atom stereocenters. The molecule has 3 nitrogen and oxygen atoms in total. The van der Waals surface area contributed by atoms with Gasteiger partial charge < -0.3 is 14.7 Å². The predicted molar refractivity (Wildman–Crippen MR) is 79.4 cm³/mol. The first-order chi connectivity index (χ1) is 9.02. The van der Waals surface area contributed by atoms with Crippen LogP contribution in [0.4, 0.5) is 0 Å². The zero-order valence-electron chi connectivity index (χ0n) is 12.6. The highest BCUT2D eigenvalue weighted by Gasteiger charge is 2.10. The lowest BCUT2D eigenvalue weighted by atomic mass is 10.1. The van der Waals surface area contributed by atoms with E-state index in [1.54, 1.807) is 0 Å².